The van der Waals surface area contributed by atoms with Crippen LogP contribution in [0.3, 0.4) is 0 Å². The van der Waals surface area contributed by atoms with Gasteiger partial charge in [0.15, 0.2) is 0 Å². The van der Waals surface area contributed by atoms with Crippen LogP contribution in [-0.2, 0) is 28.7 Å². The van der Waals surface area contributed by atoms with Crippen molar-refractivity contribution in [2.75, 3.05) is 25.1 Å². The number of amides is 4. The highest BCUT2D eigenvalue weighted by molar-refractivity contribution is 6.00. The molecule has 54 heavy (non-hydrogen) atoms. The first kappa shape index (κ1) is 37.7. The average Bonchev–Trinajstić information content (AvgIpc) is 3.50. The summed E-state index contributed by atoms with van der Waals surface area (Å²) in [4.78, 5) is 66.7. The topological polar surface area (TPSA) is 172 Å². The Balaban J connectivity index is 1.16. The van der Waals surface area contributed by atoms with E-state index in [4.69, 9.17) is 9.47 Å². The van der Waals surface area contributed by atoms with E-state index in [1.165, 1.54) is 0 Å². The van der Waals surface area contributed by atoms with Crippen molar-refractivity contribution in [1.82, 2.24) is 16.0 Å². The van der Waals surface area contributed by atoms with E-state index in [2.05, 4.69) is 21.3 Å². The van der Waals surface area contributed by atoms with Gasteiger partial charge in [-0.2, -0.15) is 0 Å². The smallest absolute Gasteiger partial charge is 0.407 e. The van der Waals surface area contributed by atoms with E-state index in [1.807, 2.05) is 78.9 Å². The summed E-state index contributed by atoms with van der Waals surface area (Å²) in [5, 5.41) is 22.0. The van der Waals surface area contributed by atoms with Crippen molar-refractivity contribution < 1.29 is 38.6 Å². The van der Waals surface area contributed by atoms with E-state index < -0.39 is 60.4 Å². The maximum absolute atomic E-state index is 13.7. The SMILES string of the molecule is CC(CO)NC(=O)CC1CC=CCCC(NC(=O)OCC2c3ccccc3-c3ccccc32)C(=O)OCC(C(=O)Nc2ccc3ccccc3c2)NC1=O. The highest BCUT2D eigenvalue weighted by Crippen LogP contribution is 2.44. The van der Waals surface area contributed by atoms with E-state index >= 15 is 0 Å². The second-order valence-corrected chi connectivity index (χ2v) is 13.6. The molecule has 0 saturated heterocycles. The van der Waals surface area contributed by atoms with Gasteiger partial charge in [0.2, 0.25) is 11.8 Å². The van der Waals surface area contributed by atoms with Gasteiger partial charge in [-0.15, -0.1) is 0 Å². The van der Waals surface area contributed by atoms with Gasteiger partial charge in [-0.05, 0) is 71.3 Å². The number of hydrogen-bond acceptors (Lipinski definition) is 8. The lowest BCUT2D eigenvalue weighted by molar-refractivity contribution is -0.148. The Labute approximate surface area is 313 Å². The highest BCUT2D eigenvalue weighted by atomic mass is 16.6. The van der Waals surface area contributed by atoms with Gasteiger partial charge in [0.1, 0.15) is 25.3 Å². The van der Waals surface area contributed by atoms with Crippen LogP contribution in [-0.4, -0.2) is 72.8 Å². The Morgan fingerprint density at radius 1 is 0.907 bits per heavy atom. The summed E-state index contributed by atoms with van der Waals surface area (Å²) in [6.45, 7) is 0.879. The van der Waals surface area contributed by atoms with Crippen LogP contribution in [0.2, 0.25) is 0 Å². The van der Waals surface area contributed by atoms with Crippen molar-refractivity contribution in [2.24, 2.45) is 5.92 Å². The Hall–Kier alpha value is -6.01. The monoisotopic (exact) mass is 732 g/mol. The summed E-state index contributed by atoms with van der Waals surface area (Å²) < 4.78 is 11.3. The summed E-state index contributed by atoms with van der Waals surface area (Å²) in [5.41, 5.74) is 4.73. The van der Waals surface area contributed by atoms with Crippen molar-refractivity contribution >= 4 is 46.2 Å². The fraction of sp³-hybridized carbons (Fsp3) is 0.310. The number of nitrogens with one attached hydrogen (secondary N) is 4. The molecule has 280 valence electrons. The fourth-order valence-corrected chi connectivity index (χ4v) is 6.79. The number of carbonyl (C=O) groups is 5. The molecule has 4 aromatic carbocycles. The first-order valence-electron chi connectivity index (χ1n) is 18.1. The van der Waals surface area contributed by atoms with Gasteiger partial charge in [0.25, 0.3) is 5.91 Å². The highest BCUT2D eigenvalue weighted by Gasteiger charge is 2.32. The zero-order chi connectivity index (χ0) is 38.0. The lowest BCUT2D eigenvalue weighted by Gasteiger charge is -2.23. The van der Waals surface area contributed by atoms with Crippen molar-refractivity contribution in [1.29, 1.82) is 0 Å². The number of rotatable bonds is 9. The quantitative estimate of drug-likeness (QED) is 0.119. The maximum Gasteiger partial charge on any atom is 0.407 e. The first-order valence-corrected chi connectivity index (χ1v) is 18.1. The fourth-order valence-electron chi connectivity index (χ4n) is 6.79. The summed E-state index contributed by atoms with van der Waals surface area (Å²) in [5.74, 6) is -3.52. The number of aliphatic hydroxyl groups excluding tert-OH is 1. The summed E-state index contributed by atoms with van der Waals surface area (Å²) in [6.07, 6.45) is 3.12. The van der Waals surface area contributed by atoms with Gasteiger partial charge in [0, 0.05) is 24.1 Å². The molecule has 1 aliphatic heterocycles. The van der Waals surface area contributed by atoms with Crippen LogP contribution in [0.15, 0.2) is 103 Å². The van der Waals surface area contributed by atoms with Crippen LogP contribution in [0.1, 0.15) is 49.7 Å². The summed E-state index contributed by atoms with van der Waals surface area (Å²) >= 11 is 0. The predicted octanol–water partition coefficient (Wildman–Crippen LogP) is 4.96. The minimum atomic E-state index is -1.34. The molecule has 0 spiro atoms. The first-order chi connectivity index (χ1) is 26.2. The maximum atomic E-state index is 13.7. The van der Waals surface area contributed by atoms with E-state index in [1.54, 1.807) is 31.2 Å². The number of anilines is 1. The predicted molar refractivity (Wildman–Crippen MR) is 203 cm³/mol. The third-order valence-electron chi connectivity index (χ3n) is 9.66. The number of carbonyl (C=O) groups excluding carboxylic acids is 5. The van der Waals surface area contributed by atoms with Gasteiger partial charge < -0.3 is 35.8 Å². The Morgan fingerprint density at radius 3 is 2.31 bits per heavy atom. The van der Waals surface area contributed by atoms with Crippen LogP contribution >= 0.6 is 0 Å². The molecular weight excluding hydrogens is 688 g/mol. The van der Waals surface area contributed by atoms with Crippen molar-refractivity contribution in [2.45, 2.75) is 56.7 Å². The van der Waals surface area contributed by atoms with Crippen LogP contribution < -0.4 is 21.3 Å². The summed E-state index contributed by atoms with van der Waals surface area (Å²) in [7, 11) is 0. The van der Waals surface area contributed by atoms with E-state index in [-0.39, 0.29) is 38.4 Å². The number of fused-ring (bicyclic) bond motifs is 4. The molecule has 12 nitrogen and oxygen atoms in total. The van der Waals surface area contributed by atoms with Crippen molar-refractivity contribution in [3.63, 3.8) is 0 Å². The van der Waals surface area contributed by atoms with Gasteiger partial charge in [-0.1, -0.05) is 91.0 Å². The van der Waals surface area contributed by atoms with Gasteiger partial charge in [-0.25, -0.2) is 9.59 Å². The second kappa shape index (κ2) is 17.7. The van der Waals surface area contributed by atoms with E-state index in [9.17, 15) is 29.1 Å². The lowest BCUT2D eigenvalue weighted by atomic mass is 9.98. The van der Waals surface area contributed by atoms with Crippen LogP contribution in [0, 0.1) is 5.92 Å². The number of esters is 1. The standard InChI is InChI=1S/C42H44N4O8/c1-26(23-47)43-38(48)22-29-13-3-2-4-18-36(46-42(52)54-24-35-33-16-9-7-14-31(33)32-15-8-10-17-34(32)35)41(51)53-25-37(45-39(29)49)40(50)44-30-20-19-27-11-5-6-12-28(27)21-30/h2-3,5-12,14-17,19-21,26,29,35-37,47H,4,13,18,22-25H2,1H3,(H,43,48)(H,44,50)(H,45,49)(H,46,52). The van der Waals surface area contributed by atoms with E-state index in [0.29, 0.717) is 12.1 Å². The molecule has 0 radical (unpaired) electrons. The van der Waals surface area contributed by atoms with Crippen molar-refractivity contribution in [3.8, 4) is 11.1 Å². The second-order valence-electron chi connectivity index (χ2n) is 13.6. The molecular formula is C42H44N4O8. The summed E-state index contributed by atoms with van der Waals surface area (Å²) in [6, 6.07) is 26.0. The molecule has 0 fully saturated rings. The molecule has 0 aromatic heterocycles. The van der Waals surface area contributed by atoms with Gasteiger partial charge in [0.05, 0.1) is 12.5 Å². The van der Waals surface area contributed by atoms with Crippen LogP contribution in [0.5, 0.6) is 0 Å². The van der Waals surface area contributed by atoms with E-state index in [0.717, 1.165) is 33.0 Å². The molecule has 5 N–H and O–H groups in total. The number of cyclic esters (lactones) is 1. The normalized spacial score (nSPS) is 19.4. The third-order valence-corrected chi connectivity index (χ3v) is 9.66. The number of hydrogen-bond donors (Lipinski definition) is 5. The third kappa shape index (κ3) is 9.31. The number of ether oxygens (including phenoxy) is 2. The minimum Gasteiger partial charge on any atom is -0.461 e. The largest absolute Gasteiger partial charge is 0.461 e. The van der Waals surface area contributed by atoms with Crippen molar-refractivity contribution in [3.05, 3.63) is 114 Å². The lowest BCUT2D eigenvalue weighted by Crippen LogP contribution is -2.50. The average molecular weight is 733 g/mol. The molecule has 0 bridgehead atoms. The number of allylic oxidation sites excluding steroid dienone is 2. The van der Waals surface area contributed by atoms with Crippen LogP contribution in [0.25, 0.3) is 21.9 Å². The zero-order valence-electron chi connectivity index (χ0n) is 30.0. The zero-order valence-corrected chi connectivity index (χ0v) is 30.0. The molecule has 12 heteroatoms. The van der Waals surface area contributed by atoms with Gasteiger partial charge in [-0.3, -0.25) is 14.4 Å². The molecule has 4 unspecified atom stereocenters. The molecule has 1 aliphatic carbocycles. The number of alkyl carbamates (subject to hydrolysis) is 1. The molecule has 4 amide bonds. The molecule has 4 atom stereocenters. The molecule has 1 heterocycles. The Bertz CT molecular complexity index is 2000. The van der Waals surface area contributed by atoms with Crippen LogP contribution in [0.4, 0.5) is 10.5 Å². The molecule has 6 rings (SSSR count). The molecule has 2 aliphatic rings. The molecule has 4 aromatic rings. The Kier molecular flexibility index (Phi) is 12.4. The molecule has 0 saturated carbocycles. The number of aliphatic hydroxyl groups is 1. The van der Waals surface area contributed by atoms with Gasteiger partial charge >= 0.3 is 12.1 Å². The minimum absolute atomic E-state index is 0.0522. The number of benzene rings is 4. The Morgan fingerprint density at radius 2 is 1.59 bits per heavy atom.